The topological polar surface area (TPSA) is 91.5 Å². The van der Waals surface area contributed by atoms with E-state index >= 15 is 0 Å². The van der Waals surface area contributed by atoms with Gasteiger partial charge in [-0.3, -0.25) is 4.79 Å². The Labute approximate surface area is 124 Å². The van der Waals surface area contributed by atoms with Gasteiger partial charge in [-0.2, -0.15) is 4.31 Å². The minimum atomic E-state index is -3.50. The van der Waals surface area contributed by atoms with Gasteiger partial charge in [-0.25, -0.2) is 8.42 Å². The van der Waals surface area contributed by atoms with Crippen LogP contribution in [0.5, 0.6) is 0 Å². The number of sulfonamides is 1. The van der Waals surface area contributed by atoms with Crippen LogP contribution < -0.4 is 5.32 Å². The maximum atomic E-state index is 12.4. The second-order valence-corrected chi connectivity index (χ2v) is 6.90. The monoisotopic (exact) mass is 315 g/mol. The van der Waals surface area contributed by atoms with Crippen molar-refractivity contribution in [1.82, 2.24) is 14.6 Å². The van der Waals surface area contributed by atoms with E-state index in [-0.39, 0.29) is 16.5 Å². The number of carbonyl (C=O) groups excluding carboxylic acids is 1. The molecular formula is C13H21N3O4S. The van der Waals surface area contributed by atoms with Crippen molar-refractivity contribution < 1.29 is 17.9 Å². The predicted molar refractivity (Wildman–Crippen MR) is 77.6 cm³/mol. The summed E-state index contributed by atoms with van der Waals surface area (Å²) < 4.78 is 31.2. The van der Waals surface area contributed by atoms with E-state index in [1.807, 2.05) is 0 Å². The number of carbonyl (C=O) groups is 1. The number of hydrogen-bond acceptors (Lipinski definition) is 4. The van der Waals surface area contributed by atoms with Gasteiger partial charge in [0.2, 0.25) is 10.0 Å². The van der Waals surface area contributed by atoms with Crippen LogP contribution in [0.15, 0.2) is 17.2 Å². The molecule has 21 heavy (non-hydrogen) atoms. The molecule has 2 N–H and O–H groups in total. The number of piperidine rings is 1. The van der Waals surface area contributed by atoms with Crippen molar-refractivity contribution in [1.29, 1.82) is 0 Å². The fourth-order valence-electron chi connectivity index (χ4n) is 2.27. The predicted octanol–water partition coefficient (Wildman–Crippen LogP) is 0.565. The molecule has 0 unspecified atom stereocenters. The van der Waals surface area contributed by atoms with Crippen LogP contribution in [0.25, 0.3) is 0 Å². The van der Waals surface area contributed by atoms with Crippen molar-refractivity contribution in [2.45, 2.75) is 24.2 Å². The summed E-state index contributed by atoms with van der Waals surface area (Å²) in [7, 11) is -1.96. The molecule has 0 atom stereocenters. The van der Waals surface area contributed by atoms with E-state index in [1.165, 1.54) is 16.6 Å². The Hall–Kier alpha value is -1.38. The van der Waals surface area contributed by atoms with Crippen LogP contribution in [0.4, 0.5) is 0 Å². The number of amides is 1. The van der Waals surface area contributed by atoms with Gasteiger partial charge in [0.25, 0.3) is 5.91 Å². The molecule has 118 valence electrons. The lowest BCUT2D eigenvalue weighted by molar-refractivity contribution is 0.0932. The second-order valence-electron chi connectivity index (χ2n) is 4.96. The van der Waals surface area contributed by atoms with E-state index in [1.54, 1.807) is 7.11 Å². The summed E-state index contributed by atoms with van der Waals surface area (Å²) in [5.74, 6) is -0.341. The maximum absolute atomic E-state index is 12.4. The molecule has 0 spiro atoms. The summed E-state index contributed by atoms with van der Waals surface area (Å²) in [6.45, 7) is 1.87. The molecule has 2 heterocycles. The van der Waals surface area contributed by atoms with E-state index in [2.05, 4.69) is 10.3 Å². The van der Waals surface area contributed by atoms with Gasteiger partial charge in [0.05, 0.1) is 6.61 Å². The largest absolute Gasteiger partial charge is 0.383 e. The number of H-pyrrole nitrogens is 1. The van der Waals surface area contributed by atoms with Crippen molar-refractivity contribution in [2.24, 2.45) is 0 Å². The minimum absolute atomic E-state index is 0.140. The molecule has 2 rings (SSSR count). The van der Waals surface area contributed by atoms with Gasteiger partial charge in [-0.1, -0.05) is 6.42 Å². The van der Waals surface area contributed by atoms with E-state index < -0.39 is 10.0 Å². The lowest BCUT2D eigenvalue weighted by atomic mass is 10.2. The smallest absolute Gasteiger partial charge is 0.267 e. The zero-order valence-electron chi connectivity index (χ0n) is 12.1. The van der Waals surface area contributed by atoms with Crippen LogP contribution in [-0.2, 0) is 14.8 Å². The van der Waals surface area contributed by atoms with Crippen molar-refractivity contribution in [3.63, 3.8) is 0 Å². The lowest BCUT2D eigenvalue weighted by Crippen LogP contribution is -2.35. The fraction of sp³-hybridized carbons (Fsp3) is 0.615. The highest BCUT2D eigenvalue weighted by molar-refractivity contribution is 7.89. The summed E-state index contributed by atoms with van der Waals surface area (Å²) in [6, 6.07) is 1.38. The van der Waals surface area contributed by atoms with E-state index in [4.69, 9.17) is 4.74 Å². The molecule has 0 aromatic carbocycles. The Morgan fingerprint density at radius 1 is 1.38 bits per heavy atom. The van der Waals surface area contributed by atoms with E-state index in [9.17, 15) is 13.2 Å². The molecule has 1 aromatic heterocycles. The molecule has 0 bridgehead atoms. The number of ether oxygens (including phenoxy) is 1. The molecule has 0 radical (unpaired) electrons. The molecule has 1 aromatic rings. The van der Waals surface area contributed by atoms with Gasteiger partial charge < -0.3 is 15.0 Å². The third kappa shape index (κ3) is 3.84. The average Bonchev–Trinajstić information content (AvgIpc) is 2.99. The first kappa shape index (κ1) is 16.0. The van der Waals surface area contributed by atoms with Crippen molar-refractivity contribution in [3.05, 3.63) is 18.0 Å². The number of methoxy groups -OCH3 is 1. The van der Waals surface area contributed by atoms with Gasteiger partial charge >= 0.3 is 0 Å². The molecule has 1 aliphatic rings. The number of nitrogens with one attached hydrogen (secondary N) is 2. The van der Waals surface area contributed by atoms with Crippen LogP contribution in [0, 0.1) is 0 Å². The molecule has 7 nitrogen and oxygen atoms in total. The Bertz CT molecular complexity index is 576. The molecular weight excluding hydrogens is 294 g/mol. The quantitative estimate of drug-likeness (QED) is 0.751. The fourth-order valence-corrected chi connectivity index (χ4v) is 3.78. The van der Waals surface area contributed by atoms with Gasteiger partial charge in [0.1, 0.15) is 10.6 Å². The molecule has 1 saturated heterocycles. The third-order valence-electron chi connectivity index (χ3n) is 3.45. The zero-order chi connectivity index (χ0) is 15.3. The van der Waals surface area contributed by atoms with Crippen molar-refractivity contribution in [2.75, 3.05) is 33.4 Å². The summed E-state index contributed by atoms with van der Waals surface area (Å²) in [4.78, 5) is 14.7. The Morgan fingerprint density at radius 3 is 2.76 bits per heavy atom. The first-order chi connectivity index (χ1) is 10.1. The highest BCUT2D eigenvalue weighted by atomic mass is 32.2. The first-order valence-electron chi connectivity index (χ1n) is 7.01. The highest BCUT2D eigenvalue weighted by Gasteiger charge is 2.27. The second kappa shape index (κ2) is 7.06. The summed E-state index contributed by atoms with van der Waals surface area (Å²) >= 11 is 0. The highest BCUT2D eigenvalue weighted by Crippen LogP contribution is 2.21. The van der Waals surface area contributed by atoms with Gasteiger partial charge in [0, 0.05) is 32.9 Å². The number of aromatic amines is 1. The average molecular weight is 315 g/mol. The minimum Gasteiger partial charge on any atom is -0.383 e. The molecule has 0 aliphatic carbocycles. The maximum Gasteiger partial charge on any atom is 0.267 e. The van der Waals surface area contributed by atoms with E-state index in [0.29, 0.717) is 26.2 Å². The number of rotatable bonds is 6. The molecule has 1 aliphatic heterocycles. The standard InChI is InChI=1S/C13H21N3O4S/c1-20-8-5-14-13(17)12-9-11(10-15-12)21(18,19)16-6-3-2-4-7-16/h9-10,15H,2-8H2,1H3,(H,14,17). The van der Waals surface area contributed by atoms with Crippen LogP contribution in [0.2, 0.25) is 0 Å². The molecule has 8 heteroatoms. The van der Waals surface area contributed by atoms with Gasteiger partial charge in [-0.15, -0.1) is 0 Å². The Kier molecular flexibility index (Phi) is 5.38. The molecule has 0 saturated carbocycles. The van der Waals surface area contributed by atoms with Crippen LogP contribution in [-0.4, -0.2) is 57.0 Å². The number of aromatic nitrogens is 1. The van der Waals surface area contributed by atoms with Crippen LogP contribution in [0.3, 0.4) is 0 Å². The number of hydrogen-bond donors (Lipinski definition) is 2. The lowest BCUT2D eigenvalue weighted by Gasteiger charge is -2.25. The Balaban J connectivity index is 2.06. The van der Waals surface area contributed by atoms with Crippen molar-refractivity contribution in [3.8, 4) is 0 Å². The number of nitrogens with zero attached hydrogens (tertiary/aromatic N) is 1. The van der Waals surface area contributed by atoms with Gasteiger partial charge in [0.15, 0.2) is 0 Å². The molecule has 1 amide bonds. The SMILES string of the molecule is COCCNC(=O)c1cc(S(=O)(=O)N2CCCCC2)c[nH]1. The first-order valence-corrected chi connectivity index (χ1v) is 8.45. The summed E-state index contributed by atoms with van der Waals surface area (Å²) in [5.41, 5.74) is 0.238. The zero-order valence-corrected chi connectivity index (χ0v) is 12.9. The van der Waals surface area contributed by atoms with Crippen LogP contribution in [0.1, 0.15) is 29.8 Å². The summed E-state index contributed by atoms with van der Waals surface area (Å²) in [6.07, 6.45) is 4.20. The van der Waals surface area contributed by atoms with Gasteiger partial charge in [-0.05, 0) is 18.9 Å². The third-order valence-corrected chi connectivity index (χ3v) is 5.32. The van der Waals surface area contributed by atoms with E-state index in [0.717, 1.165) is 19.3 Å². The molecule has 1 fully saturated rings. The Morgan fingerprint density at radius 2 is 2.10 bits per heavy atom. The van der Waals surface area contributed by atoms with Crippen molar-refractivity contribution >= 4 is 15.9 Å². The summed E-state index contributed by atoms with van der Waals surface area (Å²) in [5, 5.41) is 2.64. The normalized spacial score (nSPS) is 16.8. The van der Waals surface area contributed by atoms with Crippen LogP contribution >= 0.6 is 0 Å².